The van der Waals surface area contributed by atoms with Crippen molar-refractivity contribution < 1.29 is 78.9 Å². The van der Waals surface area contributed by atoms with Crippen molar-refractivity contribution in [1.29, 1.82) is 10.8 Å². The molecule has 0 aliphatic rings. The number of nitrogens with two attached hydrogens (primary N) is 2. The maximum Gasteiger partial charge on any atom is 1.00 e. The normalized spacial score (nSPS) is 7.58. The third-order valence-corrected chi connectivity index (χ3v) is 1.83. The zero-order valence-corrected chi connectivity index (χ0v) is 19.7. The molecule has 8 N–H and O–H groups in total. The van der Waals surface area contributed by atoms with Gasteiger partial charge < -0.3 is 41.9 Å². The summed E-state index contributed by atoms with van der Waals surface area (Å²) in [5.41, 5.74) is 9.83. The number of hydrogen-bond donors (Lipinski definition) is 8. The predicted molar refractivity (Wildman–Crippen MR) is 86.8 cm³/mol. The third kappa shape index (κ3) is 57.3. The van der Waals surface area contributed by atoms with Crippen molar-refractivity contribution in [3.63, 3.8) is 0 Å². The molecule has 0 aromatic carbocycles. The monoisotopic (exact) mass is 400 g/mol. The molecule has 0 aliphatic heterocycles. The summed E-state index contributed by atoms with van der Waals surface area (Å²) >= 11 is 7.76. The van der Waals surface area contributed by atoms with Crippen LogP contribution in [0.1, 0.15) is 12.8 Å². The number of thiol groups is 2. The van der Waals surface area contributed by atoms with Crippen LogP contribution in [0.3, 0.4) is 0 Å². The van der Waals surface area contributed by atoms with Gasteiger partial charge in [-0.15, -0.1) is 0 Å². The summed E-state index contributed by atoms with van der Waals surface area (Å²) in [5.74, 6) is -1.30. The number of carboxylic acid groups (broad SMARTS) is 2. The quantitative estimate of drug-likeness (QED) is 0.0889. The molecule has 0 saturated carbocycles. The van der Waals surface area contributed by atoms with Gasteiger partial charge in [0.25, 0.3) is 0 Å². The molecule has 130 valence electrons. The summed E-state index contributed by atoms with van der Waals surface area (Å²) in [4.78, 5) is 19.0. The van der Waals surface area contributed by atoms with Gasteiger partial charge in [0.2, 0.25) is 0 Å². The third-order valence-electron chi connectivity index (χ3n) is 1.39. The van der Waals surface area contributed by atoms with Crippen molar-refractivity contribution in [3.8, 4) is 0 Å². The topological polar surface area (TPSA) is 204 Å². The smallest absolute Gasteiger partial charge is 0.550 e. The molecule has 0 aromatic heterocycles. The van der Waals surface area contributed by atoms with E-state index in [9.17, 15) is 19.8 Å². The van der Waals surface area contributed by atoms with Gasteiger partial charge in [0.15, 0.2) is 11.9 Å². The molecule has 0 rings (SSSR count). The number of hydrogen-bond acceptors (Lipinski definition) is 8. The van der Waals surface area contributed by atoms with E-state index in [4.69, 9.17) is 22.3 Å². The molecular weight excluding hydrogens is 378 g/mol. The second kappa shape index (κ2) is 28.0. The Kier molecular flexibility index (Phi) is 41.2. The number of rotatable bonds is 7. The van der Waals surface area contributed by atoms with Gasteiger partial charge in [0, 0.05) is 36.5 Å². The Balaban J connectivity index is -0.0000000724. The van der Waals surface area contributed by atoms with Gasteiger partial charge in [-0.1, -0.05) is 0 Å². The molecule has 0 atom stereocenters. The first-order valence-electron chi connectivity index (χ1n) is 5.94. The van der Waals surface area contributed by atoms with E-state index in [1.807, 2.05) is 0 Å². The Hall–Kier alpha value is 0.180. The molecule has 0 spiro atoms. The molecule has 0 unspecified atom stereocenters. The molecule has 0 heterocycles. The number of carboxylic acids is 2. The van der Waals surface area contributed by atoms with Crippen molar-refractivity contribution in [2.24, 2.45) is 11.5 Å². The standard InChI is InChI=1S/C4H6O4.2C3H9N3S.2Na/c5-3(6)1-2-4(7)8;2*4-3(5)6-1-2-7;;/h1-2H2,(H,5,6)(H,7,8);2*7H,1-2H2,(H4,4,5,6);;/q;;;2*+1/p-2. The molecule has 0 fully saturated rings. The number of carbonyl (C=O) groups excluding carboxylic acids is 2. The first-order valence-corrected chi connectivity index (χ1v) is 7.21. The van der Waals surface area contributed by atoms with Crippen LogP contribution in [0.5, 0.6) is 0 Å². The SMILES string of the molecule is N=C(N)NCCS.N=C(N)NCCS.O=C([O-])CCC(=O)[O-].[Na+].[Na+]. The average Bonchev–Trinajstić information content (AvgIpc) is 2.42. The van der Waals surface area contributed by atoms with E-state index in [2.05, 4.69) is 35.9 Å². The molecule has 0 amide bonds. The molecule has 0 saturated heterocycles. The molecule has 0 aromatic rings. The molecule has 0 bridgehead atoms. The van der Waals surface area contributed by atoms with Gasteiger partial charge in [-0.05, 0) is 12.8 Å². The molecule has 10 nitrogen and oxygen atoms in total. The predicted octanol–water partition coefficient (Wildman–Crippen LogP) is -9.93. The van der Waals surface area contributed by atoms with Crippen LogP contribution >= 0.6 is 25.3 Å². The van der Waals surface area contributed by atoms with Crippen LogP contribution in [-0.4, -0.2) is 48.5 Å². The van der Waals surface area contributed by atoms with Gasteiger partial charge in [-0.3, -0.25) is 10.8 Å². The van der Waals surface area contributed by atoms with Crippen molar-refractivity contribution in [2.45, 2.75) is 12.8 Å². The number of aliphatic carboxylic acids is 2. The van der Waals surface area contributed by atoms with E-state index in [1.165, 1.54) is 0 Å². The number of guanidine groups is 2. The minimum atomic E-state index is -1.37. The summed E-state index contributed by atoms with van der Waals surface area (Å²) in [7, 11) is 0. The first kappa shape index (κ1) is 35.3. The van der Waals surface area contributed by atoms with Crippen molar-refractivity contribution in [1.82, 2.24) is 10.6 Å². The van der Waals surface area contributed by atoms with Gasteiger partial charge in [0.05, 0.1) is 0 Å². The molecule has 14 heteroatoms. The Bertz CT molecular complexity index is 321. The van der Waals surface area contributed by atoms with E-state index in [0.29, 0.717) is 24.6 Å². The van der Waals surface area contributed by atoms with Gasteiger partial charge in [-0.2, -0.15) is 25.3 Å². The van der Waals surface area contributed by atoms with E-state index in [0.717, 1.165) is 0 Å². The maximum absolute atomic E-state index is 9.50. The van der Waals surface area contributed by atoms with E-state index >= 15 is 0 Å². The van der Waals surface area contributed by atoms with Crippen LogP contribution < -0.4 is 91.4 Å². The second-order valence-corrected chi connectivity index (χ2v) is 4.27. The Morgan fingerprint density at radius 3 is 1.17 bits per heavy atom. The van der Waals surface area contributed by atoms with Crippen LogP contribution in [0.2, 0.25) is 0 Å². The Morgan fingerprint density at radius 1 is 0.833 bits per heavy atom. The van der Waals surface area contributed by atoms with Crippen LogP contribution in [0.4, 0.5) is 0 Å². The van der Waals surface area contributed by atoms with Crippen molar-refractivity contribution in [2.75, 3.05) is 24.6 Å². The van der Waals surface area contributed by atoms with E-state index < -0.39 is 24.8 Å². The molecule has 0 radical (unpaired) electrons. The van der Waals surface area contributed by atoms with E-state index in [-0.39, 0.29) is 71.0 Å². The summed E-state index contributed by atoms with van der Waals surface area (Å²) in [6, 6.07) is 0. The zero-order valence-electron chi connectivity index (χ0n) is 13.9. The fraction of sp³-hybridized carbons (Fsp3) is 0.600. The van der Waals surface area contributed by atoms with E-state index in [1.54, 1.807) is 0 Å². The minimum Gasteiger partial charge on any atom is -0.550 e. The average molecular weight is 400 g/mol. The summed E-state index contributed by atoms with van der Waals surface area (Å²) in [6.45, 7) is 1.33. The first-order chi connectivity index (χ1) is 10.2. The Morgan fingerprint density at radius 2 is 1.08 bits per heavy atom. The zero-order chi connectivity index (χ0) is 18.0. The van der Waals surface area contributed by atoms with Crippen LogP contribution in [0, 0.1) is 10.8 Å². The van der Waals surface area contributed by atoms with Gasteiger partial charge in [0.1, 0.15) is 0 Å². The summed E-state index contributed by atoms with van der Waals surface area (Å²) in [6.07, 6.45) is -0.940. The summed E-state index contributed by atoms with van der Waals surface area (Å²) in [5, 5.41) is 37.4. The fourth-order valence-electron chi connectivity index (χ4n) is 0.585. The second-order valence-electron chi connectivity index (χ2n) is 3.37. The largest absolute Gasteiger partial charge is 1.00 e. The van der Waals surface area contributed by atoms with Crippen LogP contribution in [0.15, 0.2) is 0 Å². The van der Waals surface area contributed by atoms with Crippen molar-refractivity contribution in [3.05, 3.63) is 0 Å². The minimum absolute atomic E-state index is 0. The summed E-state index contributed by atoms with van der Waals surface area (Å²) < 4.78 is 0. The number of nitrogens with one attached hydrogen (secondary N) is 4. The van der Waals surface area contributed by atoms with Crippen LogP contribution in [-0.2, 0) is 9.59 Å². The fourth-order valence-corrected chi connectivity index (χ4v) is 0.809. The van der Waals surface area contributed by atoms with Gasteiger partial charge >= 0.3 is 59.1 Å². The maximum atomic E-state index is 9.50. The van der Waals surface area contributed by atoms with Crippen molar-refractivity contribution >= 4 is 49.1 Å². The van der Waals surface area contributed by atoms with Crippen LogP contribution in [0.25, 0.3) is 0 Å². The Labute approximate surface area is 196 Å². The molecule has 0 aliphatic carbocycles. The molecular formula is C10H22N6Na2O4S2. The molecule has 24 heavy (non-hydrogen) atoms. The number of carbonyl (C=O) groups is 2. The van der Waals surface area contributed by atoms with Gasteiger partial charge in [-0.25, -0.2) is 0 Å².